The predicted octanol–water partition coefficient (Wildman–Crippen LogP) is 4.02. The van der Waals surface area contributed by atoms with Gasteiger partial charge in [0.25, 0.3) is 5.56 Å². The molecular weight excluding hydrogens is 388 g/mol. The average molecular weight is 410 g/mol. The molecule has 1 amide bonds. The van der Waals surface area contributed by atoms with E-state index in [0.717, 1.165) is 48.3 Å². The minimum Gasteiger partial charge on any atom is -0.354 e. The van der Waals surface area contributed by atoms with Crippen LogP contribution in [0.1, 0.15) is 43.2 Å². The molecule has 0 bridgehead atoms. The number of alkyl halides is 3. The molecule has 4 nitrogen and oxygen atoms in total. The molecular formula is C21H22F4N2O2. The Hall–Kier alpha value is -2.64. The fraction of sp³-hybridized carbons (Fsp3) is 0.429. The van der Waals surface area contributed by atoms with Gasteiger partial charge in [-0.1, -0.05) is 31.4 Å². The molecule has 1 N–H and O–H groups in total. The number of benzene rings is 1. The number of aromatic nitrogens is 1. The molecule has 1 aliphatic carbocycles. The summed E-state index contributed by atoms with van der Waals surface area (Å²) in [5.74, 6) is -0.883. The summed E-state index contributed by atoms with van der Waals surface area (Å²) in [7, 11) is 0. The van der Waals surface area contributed by atoms with Crippen LogP contribution in [0.25, 0.3) is 0 Å². The van der Waals surface area contributed by atoms with Gasteiger partial charge in [-0.25, -0.2) is 4.39 Å². The Kier molecular flexibility index (Phi) is 6.10. The van der Waals surface area contributed by atoms with Crippen molar-refractivity contribution < 1.29 is 22.4 Å². The highest BCUT2D eigenvalue weighted by atomic mass is 19.4. The number of hydrogen-bond acceptors (Lipinski definition) is 2. The summed E-state index contributed by atoms with van der Waals surface area (Å²) < 4.78 is 52.6. The number of nitrogens with one attached hydrogen (secondary N) is 1. The van der Waals surface area contributed by atoms with E-state index in [1.165, 1.54) is 12.1 Å². The third kappa shape index (κ3) is 5.05. The zero-order chi connectivity index (χ0) is 21.1. The molecule has 29 heavy (non-hydrogen) atoms. The lowest BCUT2D eigenvalue weighted by molar-refractivity contribution is -0.138. The first-order valence-electron chi connectivity index (χ1n) is 9.50. The van der Waals surface area contributed by atoms with Gasteiger partial charge in [-0.15, -0.1) is 0 Å². The van der Waals surface area contributed by atoms with E-state index in [4.69, 9.17) is 0 Å². The van der Waals surface area contributed by atoms with Crippen molar-refractivity contribution in [3.05, 3.63) is 69.9 Å². The molecule has 2 aromatic rings. The van der Waals surface area contributed by atoms with Crippen LogP contribution in [0, 0.1) is 5.82 Å². The van der Waals surface area contributed by atoms with E-state index < -0.39 is 29.8 Å². The smallest absolute Gasteiger partial charge is 0.354 e. The van der Waals surface area contributed by atoms with Crippen molar-refractivity contribution >= 4 is 5.91 Å². The fourth-order valence-electron chi connectivity index (χ4n) is 3.90. The molecule has 0 unspecified atom stereocenters. The van der Waals surface area contributed by atoms with Crippen LogP contribution in [0.2, 0.25) is 0 Å². The van der Waals surface area contributed by atoms with E-state index in [0.29, 0.717) is 12.3 Å². The van der Waals surface area contributed by atoms with Gasteiger partial charge in [-0.3, -0.25) is 9.59 Å². The van der Waals surface area contributed by atoms with Crippen molar-refractivity contribution in [3.63, 3.8) is 0 Å². The van der Waals surface area contributed by atoms with Crippen LogP contribution < -0.4 is 10.9 Å². The van der Waals surface area contributed by atoms with Gasteiger partial charge >= 0.3 is 6.18 Å². The minimum absolute atomic E-state index is 0.283. The topological polar surface area (TPSA) is 51.1 Å². The van der Waals surface area contributed by atoms with Crippen molar-refractivity contribution in [1.29, 1.82) is 0 Å². The summed E-state index contributed by atoms with van der Waals surface area (Å²) in [6.07, 6.45) is 0.723. The molecule has 0 radical (unpaired) electrons. The maximum Gasteiger partial charge on any atom is 0.417 e. The van der Waals surface area contributed by atoms with Crippen LogP contribution in [0.4, 0.5) is 17.6 Å². The molecule has 1 fully saturated rings. The number of pyridine rings is 1. The van der Waals surface area contributed by atoms with Crippen LogP contribution in [0.3, 0.4) is 0 Å². The molecule has 156 valence electrons. The second-order valence-corrected chi connectivity index (χ2v) is 7.51. The number of carbonyl (C=O) groups excluding carboxylic acids is 1. The number of rotatable bonds is 5. The second-order valence-electron chi connectivity index (χ2n) is 7.51. The number of nitrogens with zero attached hydrogens (tertiary/aromatic N) is 1. The number of hydrogen-bond donors (Lipinski definition) is 1. The summed E-state index contributed by atoms with van der Waals surface area (Å²) in [6.45, 7) is -0.215. The lowest BCUT2D eigenvalue weighted by Gasteiger charge is -2.38. The number of amides is 1. The first-order valence-corrected chi connectivity index (χ1v) is 9.50. The Morgan fingerprint density at radius 1 is 1.03 bits per heavy atom. The Morgan fingerprint density at radius 2 is 1.69 bits per heavy atom. The van der Waals surface area contributed by atoms with Crippen LogP contribution in [0.15, 0.2) is 47.4 Å². The molecule has 0 spiro atoms. The van der Waals surface area contributed by atoms with Crippen LogP contribution >= 0.6 is 0 Å². The summed E-state index contributed by atoms with van der Waals surface area (Å²) in [4.78, 5) is 24.2. The van der Waals surface area contributed by atoms with Crippen LogP contribution in [0.5, 0.6) is 0 Å². The van der Waals surface area contributed by atoms with Crippen molar-refractivity contribution in [3.8, 4) is 0 Å². The Labute approximate surface area is 165 Å². The van der Waals surface area contributed by atoms with Gasteiger partial charge in [0.15, 0.2) is 0 Å². The van der Waals surface area contributed by atoms with E-state index in [1.807, 2.05) is 0 Å². The Morgan fingerprint density at radius 3 is 2.31 bits per heavy atom. The standard InChI is InChI=1S/C21H22F4N2O2/c22-17-7-4-15(5-8-17)20(10-2-1-3-11-20)14-26-18(28)13-27-12-16(21(23,24)25)6-9-19(27)29/h4-9,12H,1-3,10-11,13-14H2,(H,26,28). The highest BCUT2D eigenvalue weighted by Gasteiger charge is 2.34. The highest BCUT2D eigenvalue weighted by Crippen LogP contribution is 2.39. The van der Waals surface area contributed by atoms with Crippen LogP contribution in [-0.2, 0) is 22.9 Å². The molecule has 0 saturated heterocycles. The fourth-order valence-corrected chi connectivity index (χ4v) is 3.90. The van der Waals surface area contributed by atoms with Crippen LogP contribution in [-0.4, -0.2) is 17.0 Å². The summed E-state index contributed by atoms with van der Waals surface area (Å²) in [5.41, 5.74) is -1.09. The third-order valence-electron chi connectivity index (χ3n) is 5.52. The monoisotopic (exact) mass is 410 g/mol. The van der Waals surface area contributed by atoms with Gasteiger partial charge in [-0.2, -0.15) is 13.2 Å². The number of carbonyl (C=O) groups is 1. The molecule has 1 aromatic carbocycles. The van der Waals surface area contributed by atoms with Crippen molar-refractivity contribution in [2.75, 3.05) is 6.54 Å². The largest absolute Gasteiger partial charge is 0.417 e. The van der Waals surface area contributed by atoms with Gasteiger partial charge in [0, 0.05) is 24.2 Å². The molecule has 1 aliphatic rings. The molecule has 8 heteroatoms. The third-order valence-corrected chi connectivity index (χ3v) is 5.52. The molecule has 3 rings (SSSR count). The maximum atomic E-state index is 13.3. The first kappa shape index (κ1) is 21.1. The van der Waals surface area contributed by atoms with E-state index >= 15 is 0 Å². The molecule has 0 atom stereocenters. The summed E-state index contributed by atoms with van der Waals surface area (Å²) in [6, 6.07) is 7.69. The lowest BCUT2D eigenvalue weighted by atomic mass is 9.69. The van der Waals surface area contributed by atoms with E-state index in [-0.39, 0.29) is 17.8 Å². The van der Waals surface area contributed by atoms with Gasteiger partial charge in [0.05, 0.1) is 5.56 Å². The zero-order valence-corrected chi connectivity index (χ0v) is 15.8. The van der Waals surface area contributed by atoms with E-state index in [9.17, 15) is 27.2 Å². The van der Waals surface area contributed by atoms with Crippen molar-refractivity contribution in [2.45, 2.75) is 50.2 Å². The van der Waals surface area contributed by atoms with Gasteiger partial charge in [0.1, 0.15) is 12.4 Å². The maximum absolute atomic E-state index is 13.3. The summed E-state index contributed by atoms with van der Waals surface area (Å²) >= 11 is 0. The Balaban J connectivity index is 1.73. The average Bonchev–Trinajstić information content (AvgIpc) is 2.68. The predicted molar refractivity (Wildman–Crippen MR) is 99.9 cm³/mol. The second kappa shape index (κ2) is 8.39. The lowest BCUT2D eigenvalue weighted by Crippen LogP contribution is -2.43. The van der Waals surface area contributed by atoms with Gasteiger partial charge in [-0.05, 0) is 36.6 Å². The SMILES string of the molecule is O=C(Cn1cc(C(F)(F)F)ccc1=O)NCC1(c2ccc(F)cc2)CCCCC1. The molecule has 0 aliphatic heterocycles. The first-order chi connectivity index (χ1) is 13.7. The molecule has 1 saturated carbocycles. The highest BCUT2D eigenvalue weighted by molar-refractivity contribution is 5.75. The van der Waals surface area contributed by atoms with Crippen molar-refractivity contribution in [1.82, 2.24) is 9.88 Å². The zero-order valence-electron chi connectivity index (χ0n) is 15.8. The van der Waals surface area contributed by atoms with Crippen molar-refractivity contribution in [2.24, 2.45) is 0 Å². The normalized spacial score (nSPS) is 16.4. The number of halogens is 4. The molecule has 1 aromatic heterocycles. The Bertz CT molecular complexity index is 914. The quantitative estimate of drug-likeness (QED) is 0.757. The van der Waals surface area contributed by atoms with E-state index in [1.54, 1.807) is 12.1 Å². The van der Waals surface area contributed by atoms with Gasteiger partial charge in [0.2, 0.25) is 5.91 Å². The van der Waals surface area contributed by atoms with Gasteiger partial charge < -0.3 is 9.88 Å². The van der Waals surface area contributed by atoms with E-state index in [2.05, 4.69) is 5.32 Å². The summed E-state index contributed by atoms with van der Waals surface area (Å²) in [5, 5.41) is 2.77. The molecule has 1 heterocycles. The minimum atomic E-state index is -4.60.